The van der Waals surface area contributed by atoms with Crippen LogP contribution in [0.25, 0.3) is 0 Å². The van der Waals surface area contributed by atoms with E-state index in [1.54, 1.807) is 26.0 Å². The molecule has 0 radical (unpaired) electrons. The summed E-state index contributed by atoms with van der Waals surface area (Å²) < 4.78 is 48.7. The highest BCUT2D eigenvalue weighted by molar-refractivity contribution is 6.20. The molecule has 25 nitrogen and oxygen atoms in total. The molecule has 12 amide bonds. The molecule has 29 heteroatoms. The van der Waals surface area contributed by atoms with E-state index in [2.05, 4.69) is 16.0 Å². The molecular weight excluding hydrogens is 1410 g/mol. The molecule has 107 heavy (non-hydrogen) atoms. The zero-order chi connectivity index (χ0) is 78.9. The van der Waals surface area contributed by atoms with Crippen LogP contribution < -0.4 is 16.0 Å². The first-order chi connectivity index (χ1) is 50.4. The van der Waals surface area contributed by atoms with Crippen LogP contribution in [0.3, 0.4) is 0 Å². The molecule has 5 saturated carbocycles. The highest BCUT2D eigenvalue weighted by Crippen LogP contribution is 2.51. The molecule has 2 saturated heterocycles. The number of nitrogens with one attached hydrogen (secondary N) is 3. The normalized spacial score (nSPS) is 32.4. The van der Waals surface area contributed by atoms with Gasteiger partial charge in [-0.25, -0.2) is 0 Å². The predicted octanol–water partition coefficient (Wildman–Crippen LogP) is 6.91. The molecule has 0 aromatic rings. The molecule has 13 atom stereocenters. The van der Waals surface area contributed by atoms with Crippen molar-refractivity contribution in [1.82, 2.24) is 60.0 Å². The molecule has 3 unspecified atom stereocenters. The lowest BCUT2D eigenvalue weighted by atomic mass is 9.58. The lowest BCUT2D eigenvalue weighted by Crippen LogP contribution is -2.71. The Morgan fingerprint density at radius 2 is 1.31 bits per heavy atom. The fraction of sp³-hybridized carbons (Fsp3) is 0.821. The van der Waals surface area contributed by atoms with Crippen LogP contribution in [0.5, 0.6) is 0 Å². The molecule has 602 valence electrons. The van der Waals surface area contributed by atoms with E-state index in [1.807, 2.05) is 27.7 Å². The largest absolute Gasteiger partial charge is 0.391 e. The molecule has 0 aromatic carbocycles. The molecule has 2 bridgehead atoms. The Labute approximate surface area is 636 Å². The maximum atomic E-state index is 15.8. The topological polar surface area (TPSA) is 279 Å². The van der Waals surface area contributed by atoms with Crippen LogP contribution in [-0.4, -0.2) is 276 Å². The van der Waals surface area contributed by atoms with Crippen LogP contribution in [0.15, 0.2) is 12.2 Å². The van der Waals surface area contributed by atoms with Crippen molar-refractivity contribution in [3.63, 3.8) is 0 Å². The Bertz CT molecular complexity index is 3220. The number of rotatable bonds is 14. The van der Waals surface area contributed by atoms with E-state index in [0.717, 1.165) is 48.3 Å². The molecule has 3 N–H and O–H groups in total. The summed E-state index contributed by atoms with van der Waals surface area (Å²) in [6, 6.07) is -10.2. The van der Waals surface area contributed by atoms with Crippen molar-refractivity contribution in [3.05, 3.63) is 12.2 Å². The number of likely N-dealkylation sites (N-methyl/N-ethyl adjacent to an activating group) is 7. The van der Waals surface area contributed by atoms with Crippen molar-refractivity contribution in [2.75, 3.05) is 89.2 Å². The quantitative estimate of drug-likeness (QED) is 0.118. The SMILES string of the molecule is CCC[C@H]1C(=O)N[C@@H]([C@@H](C)CC)C(=O)N(C)CC(=O)N(C)[C@H]2C/C=C\CCN(C2=O)[C@@H](CC2CCC(C(F)(F)F)CC2)C(=O)N(C)CC(=O)N[C@@H](CCC2CCC(C3CC3)C(Cl)C2)C(=O)N2C[C@H](OCC)C[C@H]2C(=O)NC2(CC(C)(C)C2)C(=O)N(C)[C@@H](C2CCCC2)C(=O)N(C)[C@H](C(=O)N(C)C)CC(=O)N1C. The molecule has 8 aliphatic rings. The van der Waals surface area contributed by atoms with Gasteiger partial charge in [0.1, 0.15) is 53.9 Å². The summed E-state index contributed by atoms with van der Waals surface area (Å²) in [6.45, 7) is 9.96. The fourth-order valence-corrected chi connectivity index (χ4v) is 19.1. The van der Waals surface area contributed by atoms with Crippen LogP contribution in [0.2, 0.25) is 0 Å². The van der Waals surface area contributed by atoms with Crippen LogP contribution in [0.1, 0.15) is 202 Å². The van der Waals surface area contributed by atoms with Crippen molar-refractivity contribution in [1.29, 1.82) is 0 Å². The first-order valence-electron chi connectivity index (χ1n) is 39.6. The smallest absolute Gasteiger partial charge is 0.377 e. The van der Waals surface area contributed by atoms with Gasteiger partial charge in [-0.1, -0.05) is 78.9 Å². The third kappa shape index (κ3) is 20.9. The first kappa shape index (κ1) is 86.0. The van der Waals surface area contributed by atoms with Crippen molar-refractivity contribution in [2.45, 2.75) is 274 Å². The third-order valence-electron chi connectivity index (χ3n) is 25.0. The van der Waals surface area contributed by atoms with Crippen LogP contribution in [0, 0.1) is 46.8 Å². The van der Waals surface area contributed by atoms with Crippen molar-refractivity contribution >= 4 is 82.5 Å². The van der Waals surface area contributed by atoms with E-state index in [0.29, 0.717) is 50.4 Å². The standard InChI is InChI=1S/C78H124ClF3N12O13/c1-15-23-57-67(98)84-65(47(4)16-2)73(104)88(10)44-64(97)90(12)58-26-19-18-22-37-93(72(58)103)61(39-49-27-33-52(34-28-49)78(80,81)82)71(102)87(9)43-62(95)83-56(36-30-48-29-35-54(50-31-32-50)55(79)38-48)69(100)94-42-53(107-17-3)40-59(94)68(99)85-77(45-76(5,6)46-77)75(106)92(14)66(51-24-20-21-25-51)74(105)91(13)60(70(101)86(7)8)41-63(96)89(57)11/h18-19,47-61,65-66H,15-17,20-46H2,1-14H3,(H,83,95)(H,84,98)(H,85,99)/b19-18-/t47-,48?,49?,52?,53+,54?,55?,56-,57-,58-,59-,60-,61-,65-,66-/m0/s1. The summed E-state index contributed by atoms with van der Waals surface area (Å²) in [7, 11) is 11.5. The maximum Gasteiger partial charge on any atom is 0.391 e. The zero-order valence-corrected chi connectivity index (χ0v) is 66.8. The number of nitrogens with zero attached hydrogens (tertiary/aromatic N) is 9. The first-order valence-corrected chi connectivity index (χ1v) is 40.1. The molecule has 0 aromatic heterocycles. The molecule has 7 fully saturated rings. The Hall–Kier alpha value is -6.58. The zero-order valence-electron chi connectivity index (χ0n) is 66.0. The van der Waals surface area contributed by atoms with E-state index in [4.69, 9.17) is 16.3 Å². The number of alkyl halides is 4. The summed E-state index contributed by atoms with van der Waals surface area (Å²) in [5, 5.41) is 8.90. The summed E-state index contributed by atoms with van der Waals surface area (Å²) in [5.41, 5.74) is -2.10. The number of hydrogen-bond donors (Lipinski definition) is 3. The minimum atomic E-state index is -4.44. The van der Waals surface area contributed by atoms with Gasteiger partial charge in [-0.3, -0.25) is 57.5 Å². The fourth-order valence-electron chi connectivity index (χ4n) is 18.5. The Morgan fingerprint density at radius 3 is 1.90 bits per heavy atom. The number of fused-ring (bicyclic) bond motifs is 3. The summed E-state index contributed by atoms with van der Waals surface area (Å²) >= 11 is 7.11. The van der Waals surface area contributed by atoms with Gasteiger partial charge in [0.05, 0.1) is 31.5 Å². The Kier molecular flexibility index (Phi) is 29.7. The predicted molar refractivity (Wildman–Crippen MR) is 397 cm³/mol. The van der Waals surface area contributed by atoms with Gasteiger partial charge < -0.3 is 64.8 Å². The van der Waals surface area contributed by atoms with Gasteiger partial charge in [0.2, 0.25) is 70.9 Å². The number of hydrogen-bond acceptors (Lipinski definition) is 13. The van der Waals surface area contributed by atoms with Gasteiger partial charge in [-0.15, -0.1) is 11.6 Å². The number of carbonyl (C=O) groups is 12. The van der Waals surface area contributed by atoms with Crippen LogP contribution in [-0.2, 0) is 62.3 Å². The van der Waals surface area contributed by atoms with Gasteiger partial charge >= 0.3 is 6.18 Å². The van der Waals surface area contributed by atoms with Gasteiger partial charge in [0.25, 0.3) is 0 Å². The minimum Gasteiger partial charge on any atom is -0.377 e. The van der Waals surface area contributed by atoms with E-state index < -0.39 is 186 Å². The molecule has 3 aliphatic heterocycles. The highest BCUT2D eigenvalue weighted by Gasteiger charge is 2.59. The average Bonchev–Trinajstić information content (AvgIpc) is 1.04. The van der Waals surface area contributed by atoms with E-state index in [-0.39, 0.29) is 108 Å². The summed E-state index contributed by atoms with van der Waals surface area (Å²) in [5.74, 6) is -9.83. The summed E-state index contributed by atoms with van der Waals surface area (Å²) in [6.07, 6.45) is 6.84. The second kappa shape index (κ2) is 37.0. The number of halogens is 4. The average molecular weight is 1530 g/mol. The van der Waals surface area contributed by atoms with E-state index >= 15 is 28.8 Å². The van der Waals surface area contributed by atoms with Crippen LogP contribution in [0.4, 0.5) is 13.2 Å². The number of carbonyl (C=O) groups excluding carboxylic acids is 12. The van der Waals surface area contributed by atoms with Gasteiger partial charge in [-0.05, 0) is 163 Å². The molecule has 5 aliphatic carbocycles. The summed E-state index contributed by atoms with van der Waals surface area (Å²) in [4.78, 5) is 194. The van der Waals surface area contributed by atoms with Crippen molar-refractivity contribution in [2.24, 2.45) is 46.8 Å². The van der Waals surface area contributed by atoms with Gasteiger partial charge in [-0.2, -0.15) is 13.2 Å². The second-order valence-electron chi connectivity index (χ2n) is 33.7. The lowest BCUT2D eigenvalue weighted by molar-refractivity contribution is -0.184. The Balaban J connectivity index is 1.20. The number of ether oxygens (including phenoxy) is 1. The van der Waals surface area contributed by atoms with E-state index in [1.165, 1.54) is 90.7 Å². The monoisotopic (exact) mass is 1530 g/mol. The maximum absolute atomic E-state index is 15.8. The van der Waals surface area contributed by atoms with Crippen LogP contribution >= 0.6 is 11.6 Å². The second-order valence-corrected chi connectivity index (χ2v) is 34.3. The minimum absolute atomic E-state index is 0.0172. The lowest BCUT2D eigenvalue weighted by Gasteiger charge is -2.54. The van der Waals surface area contributed by atoms with Gasteiger partial charge in [0.15, 0.2) is 0 Å². The van der Waals surface area contributed by atoms with Gasteiger partial charge in [0, 0.05) is 87.9 Å². The molecule has 1 spiro atoms. The highest BCUT2D eigenvalue weighted by atomic mass is 35.5. The van der Waals surface area contributed by atoms with Crippen molar-refractivity contribution in [3.8, 4) is 0 Å². The molecule has 3 heterocycles. The third-order valence-corrected chi connectivity index (χ3v) is 25.5. The Morgan fingerprint density at radius 1 is 0.664 bits per heavy atom. The van der Waals surface area contributed by atoms with E-state index in [9.17, 15) is 41.9 Å². The molecule has 8 rings (SSSR count). The van der Waals surface area contributed by atoms with Crippen molar-refractivity contribution < 1.29 is 75.4 Å². The molecular formula is C78H124ClF3N12O13. The number of amides is 12.